The van der Waals surface area contributed by atoms with E-state index in [2.05, 4.69) is 20.3 Å². The first-order chi connectivity index (χ1) is 12.1. The largest absolute Gasteiger partial charge is 0.346 e. The molecule has 7 heteroatoms. The highest BCUT2D eigenvalue weighted by atomic mass is 16.2. The highest BCUT2D eigenvalue weighted by Crippen LogP contribution is 2.23. The van der Waals surface area contributed by atoms with Gasteiger partial charge in [-0.1, -0.05) is 12.1 Å². The normalized spacial score (nSPS) is 11.2. The maximum Gasteiger partial charge on any atom is 0.264 e. The number of anilines is 2. The summed E-state index contributed by atoms with van der Waals surface area (Å²) < 4.78 is 0. The lowest BCUT2D eigenvalue weighted by atomic mass is 10.1. The summed E-state index contributed by atoms with van der Waals surface area (Å²) in [6, 6.07) is 11.3. The van der Waals surface area contributed by atoms with Crippen LogP contribution in [0.25, 0.3) is 17.1 Å². The Labute approximate surface area is 144 Å². The van der Waals surface area contributed by atoms with Gasteiger partial charge < -0.3 is 15.2 Å². The molecule has 0 spiro atoms. The van der Waals surface area contributed by atoms with E-state index >= 15 is 0 Å². The van der Waals surface area contributed by atoms with Crippen LogP contribution in [0.4, 0.5) is 11.5 Å². The first-order valence-corrected chi connectivity index (χ1v) is 7.57. The fourth-order valence-corrected chi connectivity index (χ4v) is 2.36. The summed E-state index contributed by atoms with van der Waals surface area (Å²) in [4.78, 5) is 24.8. The molecule has 0 bridgehead atoms. The van der Waals surface area contributed by atoms with Crippen LogP contribution in [-0.4, -0.2) is 39.9 Å². The van der Waals surface area contributed by atoms with Crippen molar-refractivity contribution in [2.24, 2.45) is 0 Å². The van der Waals surface area contributed by atoms with E-state index in [1.807, 2.05) is 36.4 Å². The number of amides is 1. The van der Waals surface area contributed by atoms with Crippen molar-refractivity contribution < 1.29 is 4.79 Å². The Bertz CT molecular complexity index is 996. The van der Waals surface area contributed by atoms with Gasteiger partial charge in [-0.3, -0.25) is 4.79 Å². The minimum Gasteiger partial charge on any atom is -0.346 e. The minimum atomic E-state index is -0.328. The lowest BCUT2D eigenvalue weighted by Crippen LogP contribution is -2.22. The third-order valence-electron chi connectivity index (χ3n) is 3.57. The van der Waals surface area contributed by atoms with E-state index in [0.717, 1.165) is 22.3 Å². The lowest BCUT2D eigenvalue weighted by Gasteiger charge is -2.09. The van der Waals surface area contributed by atoms with Gasteiger partial charge >= 0.3 is 0 Å². The molecular weight excluding hydrogens is 316 g/mol. The van der Waals surface area contributed by atoms with Crippen molar-refractivity contribution in [1.29, 1.82) is 5.26 Å². The standard InChI is InChI=1S/C18H16N6O/c1-24(2)18(25)13(10-19)8-12-4-3-5-14(9-12)23-17-15-6-7-20-16(15)21-11-22-17/h3-9,11H,1-2H3,(H2,20,21,22,23). The number of likely N-dealkylation sites (N-methyl/N-ethyl adjacent to an activating group) is 1. The third kappa shape index (κ3) is 3.48. The second-order valence-corrected chi connectivity index (χ2v) is 5.58. The molecule has 1 amide bonds. The molecule has 2 aromatic heterocycles. The van der Waals surface area contributed by atoms with E-state index in [4.69, 9.17) is 0 Å². The highest BCUT2D eigenvalue weighted by Gasteiger charge is 2.11. The zero-order valence-electron chi connectivity index (χ0n) is 13.8. The van der Waals surface area contributed by atoms with Gasteiger partial charge in [-0.25, -0.2) is 9.97 Å². The van der Waals surface area contributed by atoms with Crippen LogP contribution in [0, 0.1) is 11.3 Å². The Kier molecular flexibility index (Phi) is 4.44. The molecule has 3 aromatic rings. The fraction of sp³-hybridized carbons (Fsp3) is 0.111. The minimum absolute atomic E-state index is 0.0808. The van der Waals surface area contributed by atoms with Crippen LogP contribution in [-0.2, 0) is 4.79 Å². The molecule has 0 unspecified atom stereocenters. The maximum absolute atomic E-state index is 12.0. The predicted molar refractivity (Wildman–Crippen MR) is 95.9 cm³/mol. The maximum atomic E-state index is 12.0. The Morgan fingerprint density at radius 1 is 1.32 bits per heavy atom. The van der Waals surface area contributed by atoms with Crippen molar-refractivity contribution in [3.05, 3.63) is 54.0 Å². The van der Waals surface area contributed by atoms with Gasteiger partial charge in [0.1, 0.15) is 29.4 Å². The van der Waals surface area contributed by atoms with Crippen LogP contribution in [0.1, 0.15) is 5.56 Å². The van der Waals surface area contributed by atoms with Crippen LogP contribution in [0.2, 0.25) is 0 Å². The Balaban J connectivity index is 1.91. The number of rotatable bonds is 4. The van der Waals surface area contributed by atoms with Crippen LogP contribution < -0.4 is 5.32 Å². The molecule has 0 aliphatic rings. The molecule has 2 heterocycles. The molecule has 0 aliphatic heterocycles. The first-order valence-electron chi connectivity index (χ1n) is 7.57. The number of aromatic nitrogens is 3. The van der Waals surface area contributed by atoms with Crippen molar-refractivity contribution in [3.63, 3.8) is 0 Å². The van der Waals surface area contributed by atoms with Gasteiger partial charge in [-0.05, 0) is 29.8 Å². The number of fused-ring (bicyclic) bond motifs is 1. The molecule has 2 N–H and O–H groups in total. The lowest BCUT2D eigenvalue weighted by molar-refractivity contribution is -0.124. The molecule has 1 aromatic carbocycles. The van der Waals surface area contributed by atoms with Crippen LogP contribution in [0.15, 0.2) is 48.4 Å². The summed E-state index contributed by atoms with van der Waals surface area (Å²) in [5.41, 5.74) is 2.37. The Morgan fingerprint density at radius 2 is 2.16 bits per heavy atom. The summed E-state index contributed by atoms with van der Waals surface area (Å²) in [6.45, 7) is 0. The second-order valence-electron chi connectivity index (χ2n) is 5.58. The van der Waals surface area contributed by atoms with Crippen molar-refractivity contribution in [3.8, 4) is 6.07 Å². The molecule has 25 heavy (non-hydrogen) atoms. The molecule has 0 saturated carbocycles. The molecule has 0 aliphatic carbocycles. The Morgan fingerprint density at radius 3 is 2.92 bits per heavy atom. The van der Waals surface area contributed by atoms with Gasteiger partial charge in [0.25, 0.3) is 5.91 Å². The average molecular weight is 332 g/mol. The average Bonchev–Trinajstić information content (AvgIpc) is 3.09. The van der Waals surface area contributed by atoms with Gasteiger partial charge in [0, 0.05) is 26.0 Å². The molecule has 0 radical (unpaired) electrons. The van der Waals surface area contributed by atoms with Crippen molar-refractivity contribution in [1.82, 2.24) is 19.9 Å². The number of aromatic amines is 1. The number of nitrogens with zero attached hydrogens (tertiary/aromatic N) is 4. The molecule has 0 fully saturated rings. The van der Waals surface area contributed by atoms with Gasteiger partial charge in [-0.2, -0.15) is 5.26 Å². The number of H-pyrrole nitrogens is 1. The summed E-state index contributed by atoms with van der Waals surface area (Å²) in [7, 11) is 3.23. The molecule has 7 nitrogen and oxygen atoms in total. The van der Waals surface area contributed by atoms with Crippen LogP contribution in [0.5, 0.6) is 0 Å². The van der Waals surface area contributed by atoms with E-state index in [0.29, 0.717) is 5.82 Å². The highest BCUT2D eigenvalue weighted by molar-refractivity contribution is 6.01. The second kappa shape index (κ2) is 6.84. The monoisotopic (exact) mass is 332 g/mol. The van der Waals surface area contributed by atoms with Crippen molar-refractivity contribution >= 4 is 34.5 Å². The molecule has 124 valence electrons. The molecule has 3 rings (SSSR count). The molecular formula is C18H16N6O. The third-order valence-corrected chi connectivity index (χ3v) is 3.57. The van der Waals surface area contributed by atoms with Gasteiger partial charge in [0.05, 0.1) is 5.39 Å². The van der Waals surface area contributed by atoms with Crippen molar-refractivity contribution in [2.75, 3.05) is 19.4 Å². The molecule has 0 atom stereocenters. The number of nitriles is 1. The van der Waals surface area contributed by atoms with E-state index in [-0.39, 0.29) is 11.5 Å². The van der Waals surface area contributed by atoms with E-state index in [9.17, 15) is 10.1 Å². The van der Waals surface area contributed by atoms with Gasteiger partial charge in [0.2, 0.25) is 0 Å². The quantitative estimate of drug-likeness (QED) is 0.565. The van der Waals surface area contributed by atoms with Crippen LogP contribution in [0.3, 0.4) is 0 Å². The Hall–Kier alpha value is -3.66. The fourth-order valence-electron chi connectivity index (χ4n) is 2.36. The number of carbonyl (C=O) groups excluding carboxylic acids is 1. The summed E-state index contributed by atoms with van der Waals surface area (Å²) >= 11 is 0. The topological polar surface area (TPSA) is 97.7 Å². The number of nitrogens with one attached hydrogen (secondary N) is 2. The smallest absolute Gasteiger partial charge is 0.264 e. The summed E-state index contributed by atoms with van der Waals surface area (Å²) in [5, 5.41) is 13.3. The SMILES string of the molecule is CN(C)C(=O)C(C#N)=Cc1cccc(Nc2ncnc3[nH]ccc23)c1. The zero-order valence-corrected chi connectivity index (χ0v) is 13.8. The summed E-state index contributed by atoms with van der Waals surface area (Å²) in [6.07, 6.45) is 4.85. The number of benzene rings is 1. The van der Waals surface area contributed by atoms with E-state index < -0.39 is 0 Å². The first kappa shape index (κ1) is 16.2. The zero-order chi connectivity index (χ0) is 17.8. The number of hydrogen-bond acceptors (Lipinski definition) is 5. The van der Waals surface area contributed by atoms with Gasteiger partial charge in [0.15, 0.2) is 0 Å². The van der Waals surface area contributed by atoms with Crippen molar-refractivity contribution in [2.45, 2.75) is 0 Å². The van der Waals surface area contributed by atoms with Gasteiger partial charge in [-0.15, -0.1) is 0 Å². The van der Waals surface area contributed by atoms with E-state index in [1.165, 1.54) is 11.2 Å². The molecule has 0 saturated heterocycles. The summed E-state index contributed by atoms with van der Waals surface area (Å²) in [5.74, 6) is 0.350. The predicted octanol–water partition coefficient (Wildman–Crippen LogP) is 2.70. The van der Waals surface area contributed by atoms with Crippen LogP contribution >= 0.6 is 0 Å². The number of carbonyl (C=O) groups is 1. The number of hydrogen-bond donors (Lipinski definition) is 2. The van der Waals surface area contributed by atoms with E-state index in [1.54, 1.807) is 26.4 Å².